The highest BCUT2D eigenvalue weighted by Crippen LogP contribution is 2.24. The molecule has 0 radical (unpaired) electrons. The molecule has 0 aliphatic carbocycles. The number of hydrogen-bond donors (Lipinski definition) is 2. The first-order valence-electron chi connectivity index (χ1n) is 11.5. The molecule has 1 saturated heterocycles. The summed E-state index contributed by atoms with van der Waals surface area (Å²) in [7, 11) is 0. The topological polar surface area (TPSA) is 115 Å². The molecule has 1 aromatic carbocycles. The normalized spacial score (nSPS) is 16.3. The van der Waals surface area contributed by atoms with Gasteiger partial charge in [0.25, 0.3) is 5.56 Å². The molecule has 0 bridgehead atoms. The van der Waals surface area contributed by atoms with E-state index in [-0.39, 0.29) is 29.8 Å². The third-order valence-electron chi connectivity index (χ3n) is 5.97. The number of nitrogens with one attached hydrogen (secondary N) is 1. The first kappa shape index (κ1) is 23.4. The van der Waals surface area contributed by atoms with Crippen LogP contribution < -0.4 is 21.5 Å². The van der Waals surface area contributed by atoms with Crippen molar-refractivity contribution in [1.82, 2.24) is 14.1 Å². The van der Waals surface area contributed by atoms with E-state index in [1.807, 2.05) is 23.6 Å². The number of carbonyl (C=O) groups is 2. The monoisotopic (exact) mass is 462 g/mol. The van der Waals surface area contributed by atoms with Crippen LogP contribution in [0.1, 0.15) is 37.0 Å². The molecule has 1 amide bonds. The highest BCUT2D eigenvalue weighted by atomic mass is 16.2. The lowest BCUT2D eigenvalue weighted by atomic mass is 10.1. The van der Waals surface area contributed by atoms with E-state index in [9.17, 15) is 14.4 Å². The number of nitrogens with zero attached hydrogens (tertiary/aromatic N) is 4. The van der Waals surface area contributed by atoms with E-state index in [4.69, 9.17) is 10.7 Å². The van der Waals surface area contributed by atoms with Crippen molar-refractivity contribution in [2.45, 2.75) is 45.8 Å². The fourth-order valence-electron chi connectivity index (χ4n) is 4.37. The first-order valence-corrected chi connectivity index (χ1v) is 11.5. The van der Waals surface area contributed by atoms with Crippen LogP contribution in [-0.4, -0.2) is 44.9 Å². The summed E-state index contributed by atoms with van der Waals surface area (Å²) in [5, 5.41) is 2.68. The third kappa shape index (κ3) is 4.79. The second-order valence-electron chi connectivity index (χ2n) is 8.57. The molecule has 1 unspecified atom stereocenters. The molecular formula is C25H30N6O3. The van der Waals surface area contributed by atoms with Gasteiger partial charge in [-0.3, -0.25) is 14.4 Å². The number of aromatic nitrogens is 3. The van der Waals surface area contributed by atoms with Gasteiger partial charge in [0.2, 0.25) is 11.9 Å². The SMILES string of the molecule is CC=CCn1c(N2CCCC(N)C2)nc2ccn(CC(=O)c3ccccc3NC(C)=O)c(=O)c21. The second-order valence-corrected chi connectivity index (χ2v) is 8.57. The third-order valence-corrected chi connectivity index (χ3v) is 5.97. The van der Waals surface area contributed by atoms with Gasteiger partial charge < -0.3 is 25.1 Å². The Morgan fingerprint density at radius 2 is 2.06 bits per heavy atom. The highest BCUT2D eigenvalue weighted by Gasteiger charge is 2.24. The van der Waals surface area contributed by atoms with Crippen LogP contribution in [0.3, 0.4) is 0 Å². The molecule has 1 aliphatic heterocycles. The zero-order valence-electron chi connectivity index (χ0n) is 19.5. The molecule has 1 fully saturated rings. The zero-order chi connectivity index (χ0) is 24.2. The van der Waals surface area contributed by atoms with Crippen LogP contribution in [0, 0.1) is 0 Å². The molecule has 4 rings (SSSR count). The van der Waals surface area contributed by atoms with E-state index in [1.165, 1.54) is 11.5 Å². The summed E-state index contributed by atoms with van der Waals surface area (Å²) in [6.45, 7) is 5.18. The van der Waals surface area contributed by atoms with Crippen LogP contribution in [0.15, 0.2) is 53.5 Å². The van der Waals surface area contributed by atoms with Crippen molar-refractivity contribution in [3.63, 3.8) is 0 Å². The summed E-state index contributed by atoms with van der Waals surface area (Å²) in [5.41, 5.74) is 7.73. The van der Waals surface area contributed by atoms with Gasteiger partial charge in [0, 0.05) is 44.4 Å². The molecule has 3 N–H and O–H groups in total. The Morgan fingerprint density at radius 3 is 2.79 bits per heavy atom. The van der Waals surface area contributed by atoms with Crippen LogP contribution in [0.2, 0.25) is 0 Å². The van der Waals surface area contributed by atoms with Gasteiger partial charge in [-0.1, -0.05) is 24.3 Å². The number of allylic oxidation sites excluding steroid dienone is 2. The van der Waals surface area contributed by atoms with Crippen molar-refractivity contribution >= 4 is 34.4 Å². The Balaban J connectivity index is 1.73. The number of anilines is 2. The summed E-state index contributed by atoms with van der Waals surface area (Å²) in [4.78, 5) is 45.0. The molecule has 9 heteroatoms. The first-order chi connectivity index (χ1) is 16.4. The lowest BCUT2D eigenvalue weighted by molar-refractivity contribution is -0.114. The van der Waals surface area contributed by atoms with Gasteiger partial charge in [0.05, 0.1) is 17.7 Å². The van der Waals surface area contributed by atoms with E-state index in [0.29, 0.717) is 35.4 Å². The van der Waals surface area contributed by atoms with E-state index >= 15 is 0 Å². The van der Waals surface area contributed by atoms with E-state index in [0.717, 1.165) is 25.3 Å². The smallest absolute Gasteiger partial charge is 0.277 e. The van der Waals surface area contributed by atoms with Gasteiger partial charge in [-0.2, -0.15) is 0 Å². The predicted octanol–water partition coefficient (Wildman–Crippen LogP) is 2.54. The largest absolute Gasteiger partial charge is 0.341 e. The van der Waals surface area contributed by atoms with Crippen molar-refractivity contribution in [2.24, 2.45) is 5.73 Å². The minimum atomic E-state index is -0.285. The van der Waals surface area contributed by atoms with Crippen LogP contribution in [0.4, 0.5) is 11.6 Å². The van der Waals surface area contributed by atoms with E-state index in [1.54, 1.807) is 36.5 Å². The van der Waals surface area contributed by atoms with Crippen molar-refractivity contribution < 1.29 is 9.59 Å². The van der Waals surface area contributed by atoms with E-state index in [2.05, 4.69) is 10.2 Å². The van der Waals surface area contributed by atoms with Crippen molar-refractivity contribution in [1.29, 1.82) is 0 Å². The number of hydrogen-bond acceptors (Lipinski definition) is 6. The zero-order valence-corrected chi connectivity index (χ0v) is 19.5. The minimum absolute atomic E-state index is 0.0710. The summed E-state index contributed by atoms with van der Waals surface area (Å²) < 4.78 is 3.30. The summed E-state index contributed by atoms with van der Waals surface area (Å²) in [6.07, 6.45) is 7.45. The number of carbonyl (C=O) groups excluding carboxylic acids is 2. The standard InChI is InChI=1S/C25H30N6O3/c1-3-4-13-31-23-21(28-25(31)30-12-7-8-18(26)15-30)11-14-29(24(23)34)16-22(33)19-9-5-6-10-20(19)27-17(2)32/h3-6,9-11,14,18H,7-8,12-13,15-16,26H2,1-2H3,(H,27,32). The van der Waals surface area contributed by atoms with Gasteiger partial charge in [-0.25, -0.2) is 4.98 Å². The Kier molecular flexibility index (Phi) is 6.93. The number of para-hydroxylation sites is 1. The number of fused-ring (bicyclic) bond motifs is 1. The number of nitrogens with two attached hydrogens (primary N) is 1. The summed E-state index contributed by atoms with van der Waals surface area (Å²) >= 11 is 0. The Labute approximate surface area is 197 Å². The number of benzene rings is 1. The quantitative estimate of drug-likeness (QED) is 0.412. The number of piperidine rings is 1. The van der Waals surface area contributed by atoms with Gasteiger partial charge in [0.15, 0.2) is 5.78 Å². The molecule has 1 aliphatic rings. The van der Waals surface area contributed by atoms with Crippen LogP contribution in [0.25, 0.3) is 11.0 Å². The van der Waals surface area contributed by atoms with Gasteiger partial charge in [-0.05, 0) is 38.0 Å². The lowest BCUT2D eigenvalue weighted by Crippen LogP contribution is -2.44. The van der Waals surface area contributed by atoms with Crippen molar-refractivity contribution in [3.8, 4) is 0 Å². The molecule has 0 saturated carbocycles. The molecule has 1 atom stereocenters. The summed E-state index contributed by atoms with van der Waals surface area (Å²) in [6, 6.07) is 8.62. The van der Waals surface area contributed by atoms with Crippen LogP contribution in [0.5, 0.6) is 0 Å². The summed E-state index contributed by atoms with van der Waals surface area (Å²) in [5.74, 6) is 0.185. The highest BCUT2D eigenvalue weighted by molar-refractivity contribution is 6.04. The predicted molar refractivity (Wildman–Crippen MR) is 133 cm³/mol. The fourth-order valence-corrected chi connectivity index (χ4v) is 4.37. The van der Waals surface area contributed by atoms with E-state index < -0.39 is 0 Å². The van der Waals surface area contributed by atoms with Crippen LogP contribution >= 0.6 is 0 Å². The minimum Gasteiger partial charge on any atom is -0.341 e. The number of amides is 1. The molecule has 9 nitrogen and oxygen atoms in total. The number of imidazole rings is 1. The average molecular weight is 463 g/mol. The number of rotatable bonds is 7. The Morgan fingerprint density at radius 1 is 1.26 bits per heavy atom. The molecule has 34 heavy (non-hydrogen) atoms. The van der Waals surface area contributed by atoms with Gasteiger partial charge >= 0.3 is 0 Å². The maximum atomic E-state index is 13.5. The fraction of sp³-hybridized carbons (Fsp3) is 0.360. The number of pyridine rings is 1. The molecule has 3 aromatic rings. The number of ketones is 1. The van der Waals surface area contributed by atoms with Crippen LogP contribution in [-0.2, 0) is 17.9 Å². The molecule has 0 spiro atoms. The van der Waals surface area contributed by atoms with Gasteiger partial charge in [0.1, 0.15) is 5.52 Å². The maximum Gasteiger partial charge on any atom is 0.277 e. The lowest BCUT2D eigenvalue weighted by Gasteiger charge is -2.31. The van der Waals surface area contributed by atoms with Gasteiger partial charge in [-0.15, -0.1) is 0 Å². The van der Waals surface area contributed by atoms with Crippen molar-refractivity contribution in [3.05, 3.63) is 64.6 Å². The molecule has 3 heterocycles. The second kappa shape index (κ2) is 10.0. The molecular weight excluding hydrogens is 432 g/mol. The Bertz CT molecular complexity index is 1310. The maximum absolute atomic E-state index is 13.5. The van der Waals surface area contributed by atoms with Crippen molar-refractivity contribution in [2.75, 3.05) is 23.3 Å². The molecule has 2 aromatic heterocycles. The molecule has 178 valence electrons. The Hall–Kier alpha value is -3.72. The number of Topliss-reactive ketones (excluding diaryl/α,β-unsaturated/α-hetero) is 1. The average Bonchev–Trinajstić information content (AvgIpc) is 3.18.